The molecule has 9 nitrogen and oxygen atoms in total. The Morgan fingerprint density at radius 3 is 2.57 bits per heavy atom. The molecular weight excluding hydrogens is 580 g/mol. The molecule has 0 unspecified atom stereocenters. The van der Waals surface area contributed by atoms with Crippen LogP contribution in [0.15, 0.2) is 96.6 Å². The number of Topliss-reactive ketones (excluding diaryl/α,β-unsaturated/α-hetero) is 1. The Balaban J connectivity index is 1.35. The van der Waals surface area contributed by atoms with Gasteiger partial charge in [0.25, 0.3) is 5.78 Å². The number of carbonyl (C=O) groups is 2. The van der Waals surface area contributed by atoms with Gasteiger partial charge in [0.1, 0.15) is 37.1 Å². The van der Waals surface area contributed by atoms with Gasteiger partial charge in [-0.2, -0.15) is 0 Å². The van der Waals surface area contributed by atoms with Gasteiger partial charge >= 0.3 is 5.91 Å². The van der Waals surface area contributed by atoms with Gasteiger partial charge in [0.2, 0.25) is 0 Å². The zero-order valence-electron chi connectivity index (χ0n) is 23.6. The number of thiazole rings is 1. The van der Waals surface area contributed by atoms with Gasteiger partial charge in [-0.25, -0.2) is 4.98 Å². The summed E-state index contributed by atoms with van der Waals surface area (Å²) in [5.74, 6) is 0.232. The second-order valence-corrected chi connectivity index (χ2v) is 11.2. The summed E-state index contributed by atoms with van der Waals surface area (Å²) in [5.41, 5.74) is 2.47. The topological polar surface area (TPSA) is 107 Å². The van der Waals surface area contributed by atoms with Crippen molar-refractivity contribution < 1.29 is 33.6 Å². The average molecular weight is 607 g/mol. The van der Waals surface area contributed by atoms with E-state index in [2.05, 4.69) is 0 Å². The maximum absolute atomic E-state index is 13.8. The summed E-state index contributed by atoms with van der Waals surface area (Å²) in [6.45, 7) is 1.11. The predicted octanol–water partition coefficient (Wildman–Crippen LogP) is 6.28. The van der Waals surface area contributed by atoms with Crippen LogP contribution < -0.4 is 23.8 Å². The highest BCUT2D eigenvalue weighted by Crippen LogP contribution is 2.46. The zero-order valence-corrected chi connectivity index (χ0v) is 24.4. The van der Waals surface area contributed by atoms with Crippen molar-refractivity contribution >= 4 is 44.1 Å². The van der Waals surface area contributed by atoms with Gasteiger partial charge in [-0.1, -0.05) is 53.8 Å². The molecule has 1 amide bonds. The van der Waals surface area contributed by atoms with E-state index in [1.54, 1.807) is 55.6 Å². The molecule has 1 saturated heterocycles. The third kappa shape index (κ3) is 4.99. The van der Waals surface area contributed by atoms with E-state index in [0.29, 0.717) is 64.6 Å². The van der Waals surface area contributed by atoms with Crippen molar-refractivity contribution in [2.75, 3.05) is 25.2 Å². The molecule has 0 saturated carbocycles. The van der Waals surface area contributed by atoms with Crippen molar-refractivity contribution in [3.05, 3.63) is 113 Å². The molecule has 1 aromatic heterocycles. The van der Waals surface area contributed by atoms with Crippen molar-refractivity contribution in [1.82, 2.24) is 4.98 Å². The van der Waals surface area contributed by atoms with E-state index < -0.39 is 17.7 Å². The largest absolute Gasteiger partial charge is 0.507 e. The number of nitrogens with zero attached hydrogens (tertiary/aromatic N) is 2. The molecule has 10 heteroatoms. The number of aromatic nitrogens is 1. The van der Waals surface area contributed by atoms with Crippen LogP contribution in [0.3, 0.4) is 0 Å². The van der Waals surface area contributed by atoms with Crippen LogP contribution in [0.1, 0.15) is 22.7 Å². The molecule has 0 aliphatic carbocycles. The van der Waals surface area contributed by atoms with Crippen molar-refractivity contribution in [3.63, 3.8) is 0 Å². The number of rotatable bonds is 7. The summed E-state index contributed by atoms with van der Waals surface area (Å²) in [7, 11) is 1.58. The van der Waals surface area contributed by atoms with Gasteiger partial charge in [-0.3, -0.25) is 14.5 Å². The van der Waals surface area contributed by atoms with Crippen LogP contribution in [0.25, 0.3) is 16.0 Å². The molecule has 0 spiro atoms. The zero-order chi connectivity index (χ0) is 30.2. The Morgan fingerprint density at radius 2 is 1.75 bits per heavy atom. The maximum Gasteiger partial charge on any atom is 0.301 e. The summed E-state index contributed by atoms with van der Waals surface area (Å²) in [6.07, 6.45) is 0. The predicted molar refractivity (Wildman–Crippen MR) is 166 cm³/mol. The molecule has 0 radical (unpaired) electrons. The summed E-state index contributed by atoms with van der Waals surface area (Å²) in [4.78, 5) is 33.6. The third-order valence-corrected chi connectivity index (χ3v) is 8.49. The average Bonchev–Trinajstić information content (AvgIpc) is 3.61. The van der Waals surface area contributed by atoms with E-state index >= 15 is 0 Å². The first-order valence-electron chi connectivity index (χ1n) is 13.9. The van der Waals surface area contributed by atoms with E-state index in [1.807, 2.05) is 42.5 Å². The molecule has 220 valence electrons. The Bertz CT molecular complexity index is 1940. The van der Waals surface area contributed by atoms with Gasteiger partial charge in [-0.15, -0.1) is 0 Å². The monoisotopic (exact) mass is 606 g/mol. The molecule has 3 heterocycles. The maximum atomic E-state index is 13.8. The number of fused-ring (bicyclic) bond motifs is 2. The Morgan fingerprint density at radius 1 is 0.932 bits per heavy atom. The van der Waals surface area contributed by atoms with E-state index in [-0.39, 0.29) is 11.3 Å². The van der Waals surface area contributed by atoms with Crippen LogP contribution in [-0.4, -0.2) is 42.1 Å². The van der Waals surface area contributed by atoms with Crippen LogP contribution in [-0.2, 0) is 16.2 Å². The number of ketones is 1. The molecule has 1 fully saturated rings. The highest BCUT2D eigenvalue weighted by atomic mass is 32.1. The SMILES string of the molecule is COc1ccc2nc(N3C(=O)C(=O)C(=C(O)c4ccc5c(c4)OCCO5)[C@H]3c3cccc(OCc4ccccc4)c3)sc2c1. The molecule has 5 aromatic rings. The lowest BCUT2D eigenvalue weighted by atomic mass is 9.95. The van der Waals surface area contributed by atoms with E-state index in [9.17, 15) is 14.7 Å². The summed E-state index contributed by atoms with van der Waals surface area (Å²) in [5, 5.41) is 12.0. The van der Waals surface area contributed by atoms with Gasteiger partial charge in [-0.05, 0) is 59.7 Å². The lowest BCUT2D eigenvalue weighted by molar-refractivity contribution is -0.132. The first-order chi connectivity index (χ1) is 21.5. The molecule has 2 aliphatic rings. The smallest absolute Gasteiger partial charge is 0.301 e. The van der Waals surface area contributed by atoms with Crippen molar-refractivity contribution in [1.29, 1.82) is 0 Å². The van der Waals surface area contributed by atoms with Crippen LogP contribution >= 0.6 is 11.3 Å². The Labute approximate surface area is 256 Å². The number of ether oxygens (including phenoxy) is 4. The van der Waals surface area contributed by atoms with Crippen molar-refractivity contribution in [3.8, 4) is 23.0 Å². The normalized spacial score (nSPS) is 17.2. The van der Waals surface area contributed by atoms with E-state index in [1.165, 1.54) is 16.2 Å². The number of benzene rings is 4. The minimum Gasteiger partial charge on any atom is -0.507 e. The molecule has 2 aliphatic heterocycles. The van der Waals surface area contributed by atoms with Gasteiger partial charge in [0.05, 0.1) is 28.9 Å². The number of anilines is 1. The van der Waals surface area contributed by atoms with Crippen LogP contribution in [0.5, 0.6) is 23.0 Å². The molecule has 1 N–H and O–H groups in total. The fraction of sp³-hybridized carbons (Fsp3) is 0.147. The first-order valence-corrected chi connectivity index (χ1v) is 14.7. The Kier molecular flexibility index (Phi) is 7.11. The molecular formula is C34H26N2O7S. The summed E-state index contributed by atoms with van der Waals surface area (Å²) in [6, 6.07) is 26.3. The van der Waals surface area contributed by atoms with Gasteiger partial charge < -0.3 is 24.1 Å². The molecule has 7 rings (SSSR count). The third-order valence-electron chi connectivity index (χ3n) is 7.47. The number of amides is 1. The lowest BCUT2D eigenvalue weighted by Gasteiger charge is -2.24. The van der Waals surface area contributed by atoms with Gasteiger partial charge in [0, 0.05) is 5.56 Å². The standard InChI is InChI=1S/C34H26N2O7S/c1-40-23-11-12-25-28(18-23)44-34(35-25)36-30(21-8-5-9-24(16-21)43-19-20-6-3-2-4-7-20)29(32(38)33(36)39)31(37)22-10-13-26-27(17-22)42-15-14-41-26/h2-13,16-18,30,37H,14-15,19H2,1H3/t30-/m1/s1. The summed E-state index contributed by atoms with van der Waals surface area (Å²) >= 11 is 1.26. The first kappa shape index (κ1) is 27.5. The lowest BCUT2D eigenvalue weighted by Crippen LogP contribution is -2.29. The number of carbonyl (C=O) groups excluding carboxylic acids is 2. The van der Waals surface area contributed by atoms with Crippen LogP contribution in [0.2, 0.25) is 0 Å². The summed E-state index contributed by atoms with van der Waals surface area (Å²) < 4.78 is 23.5. The quantitative estimate of drug-likeness (QED) is 0.131. The number of methoxy groups -OCH3 is 1. The second-order valence-electron chi connectivity index (χ2n) is 10.2. The fourth-order valence-electron chi connectivity index (χ4n) is 5.33. The Hall–Kier alpha value is -5.35. The number of hydrogen-bond donors (Lipinski definition) is 1. The van der Waals surface area contributed by atoms with Crippen LogP contribution in [0, 0.1) is 0 Å². The molecule has 44 heavy (non-hydrogen) atoms. The fourth-order valence-corrected chi connectivity index (χ4v) is 6.35. The minimum absolute atomic E-state index is 0.0660. The van der Waals surface area contributed by atoms with Crippen molar-refractivity contribution in [2.24, 2.45) is 0 Å². The second kappa shape index (κ2) is 11.4. The number of aliphatic hydroxyl groups is 1. The number of hydrogen-bond acceptors (Lipinski definition) is 9. The highest BCUT2D eigenvalue weighted by Gasteiger charge is 2.48. The van der Waals surface area contributed by atoms with E-state index in [0.717, 1.165) is 10.3 Å². The van der Waals surface area contributed by atoms with Gasteiger partial charge in [0.15, 0.2) is 16.6 Å². The number of aliphatic hydroxyl groups excluding tert-OH is 1. The minimum atomic E-state index is -0.981. The molecule has 0 bridgehead atoms. The van der Waals surface area contributed by atoms with Crippen molar-refractivity contribution in [2.45, 2.75) is 12.6 Å². The highest BCUT2D eigenvalue weighted by molar-refractivity contribution is 7.22. The molecule has 1 atom stereocenters. The van der Waals surface area contributed by atoms with E-state index in [4.69, 9.17) is 23.9 Å². The van der Waals surface area contributed by atoms with Crippen LogP contribution in [0.4, 0.5) is 5.13 Å². The molecule has 4 aromatic carbocycles.